The number of benzene rings is 5. The fraction of sp³-hybridized carbons (Fsp3) is 0.500. The molecule has 2 fully saturated rings. The summed E-state index contributed by atoms with van der Waals surface area (Å²) >= 11 is 0. The van der Waals surface area contributed by atoms with Gasteiger partial charge in [-0.2, -0.15) is 0 Å². The van der Waals surface area contributed by atoms with Crippen LogP contribution in [0.4, 0.5) is 5.69 Å². The van der Waals surface area contributed by atoms with Gasteiger partial charge in [0.1, 0.15) is 19.0 Å². The average Bonchev–Trinajstić information content (AvgIpc) is 3.43. The number of hydrogen-bond donors (Lipinski definition) is 6. The molecule has 14 nitrogen and oxygen atoms in total. The number of Topliss-reactive ketones (excluding diaryl/α,β-unsaturated/α-hetero) is 1. The van der Waals surface area contributed by atoms with Gasteiger partial charge in [-0.05, 0) is 140 Å². The maximum absolute atomic E-state index is 15.6. The van der Waals surface area contributed by atoms with E-state index in [9.17, 15) is 34.5 Å². The molecule has 6 N–H and O–H groups in total. The summed E-state index contributed by atoms with van der Waals surface area (Å²) in [5.74, 6) is -2.48. The summed E-state index contributed by atoms with van der Waals surface area (Å²) < 4.78 is 16.3. The van der Waals surface area contributed by atoms with Crippen molar-refractivity contribution in [2.45, 2.75) is 97.2 Å². The molecule has 0 aromatic heterocycles. The zero-order valence-corrected chi connectivity index (χ0v) is 36.6. The molecule has 8 rings (SSSR count). The molecule has 2 saturated carbocycles. The lowest BCUT2D eigenvalue weighted by Crippen LogP contribution is -2.27. The van der Waals surface area contributed by atoms with Crippen molar-refractivity contribution < 1.29 is 54.1 Å². The number of fused-ring (bicyclic) bond motifs is 1. The number of anilines is 1. The van der Waals surface area contributed by atoms with Crippen LogP contribution in [0.3, 0.4) is 0 Å². The molecule has 340 valence electrons. The molecule has 0 amide bonds. The zero-order valence-electron chi connectivity index (χ0n) is 36.6. The minimum atomic E-state index is -0.941. The van der Waals surface area contributed by atoms with Crippen molar-refractivity contribution in [2.75, 3.05) is 45.4 Å². The van der Waals surface area contributed by atoms with Crippen molar-refractivity contribution >= 4 is 72.6 Å². The second-order valence-corrected chi connectivity index (χ2v) is 18.0. The van der Waals surface area contributed by atoms with Crippen LogP contribution >= 0.6 is 0 Å². The molecule has 0 bridgehead atoms. The highest BCUT2D eigenvalue weighted by atomic mass is 16.5. The van der Waals surface area contributed by atoms with E-state index in [0.29, 0.717) is 116 Å². The Balaban J connectivity index is 1.36. The van der Waals surface area contributed by atoms with Crippen LogP contribution in [0, 0.1) is 23.7 Å². The van der Waals surface area contributed by atoms with Gasteiger partial charge in [0, 0.05) is 34.1 Å². The minimum absolute atomic E-state index is 0.0331. The first-order valence-corrected chi connectivity index (χ1v) is 22.5. The topological polar surface area (TPSA) is 226 Å². The number of aromatic hydroxyl groups is 1. The van der Waals surface area contributed by atoms with Gasteiger partial charge in [0.05, 0.1) is 62.1 Å². The summed E-state index contributed by atoms with van der Waals surface area (Å²) in [6.45, 7) is 2.13. The molecular weight excluding hydrogens is 823 g/mol. The number of ether oxygens (including phenoxy) is 3. The molecule has 0 aliphatic heterocycles. The van der Waals surface area contributed by atoms with Crippen LogP contribution in [-0.4, -0.2) is 83.3 Å². The van der Waals surface area contributed by atoms with Gasteiger partial charge in [-0.1, -0.05) is 11.6 Å². The summed E-state index contributed by atoms with van der Waals surface area (Å²) in [5.41, 5.74) is 2.41. The summed E-state index contributed by atoms with van der Waals surface area (Å²) in [6.07, 6.45) is 8.25. The van der Waals surface area contributed by atoms with E-state index in [2.05, 4.69) is 5.32 Å². The van der Waals surface area contributed by atoms with Gasteiger partial charge < -0.3 is 45.1 Å². The number of phenols is 1. The van der Waals surface area contributed by atoms with E-state index in [1.807, 2.05) is 13.0 Å². The van der Waals surface area contributed by atoms with Crippen LogP contribution in [0.1, 0.15) is 105 Å². The van der Waals surface area contributed by atoms with E-state index in [1.165, 1.54) is 20.1 Å². The molecule has 64 heavy (non-hydrogen) atoms. The van der Waals surface area contributed by atoms with E-state index >= 15 is 4.79 Å². The average molecular weight is 880 g/mol. The number of allylic oxidation sites excluding steroid dienone is 1. The van der Waals surface area contributed by atoms with Gasteiger partial charge in [0.25, 0.3) is 0 Å². The molecular formula is C50H57NO13. The van der Waals surface area contributed by atoms with Crippen LogP contribution < -0.4 is 20.9 Å². The summed E-state index contributed by atoms with van der Waals surface area (Å²) in [6, 6.07) is 3.02. The van der Waals surface area contributed by atoms with Gasteiger partial charge >= 0.3 is 11.9 Å². The van der Waals surface area contributed by atoms with Crippen LogP contribution in [0.2, 0.25) is 0 Å². The van der Waals surface area contributed by atoms with Crippen LogP contribution in [0.25, 0.3) is 49.2 Å². The Hall–Kier alpha value is -5.41. The summed E-state index contributed by atoms with van der Waals surface area (Å²) in [5, 5.41) is 59.0. The van der Waals surface area contributed by atoms with Crippen molar-refractivity contribution in [3.8, 4) is 11.5 Å². The van der Waals surface area contributed by atoms with E-state index in [4.69, 9.17) is 24.4 Å². The lowest BCUT2D eigenvalue weighted by molar-refractivity contribution is -0.151. The number of aliphatic hydroxyl groups is 4. The van der Waals surface area contributed by atoms with Crippen molar-refractivity contribution in [3.05, 3.63) is 66.0 Å². The minimum Gasteiger partial charge on any atom is -0.504 e. The quantitative estimate of drug-likeness (QED) is 0.0397. The Morgan fingerprint density at radius 2 is 1.28 bits per heavy atom. The molecule has 3 aliphatic rings. The second kappa shape index (κ2) is 18.6. The first-order chi connectivity index (χ1) is 30.9. The Morgan fingerprint density at radius 1 is 0.719 bits per heavy atom. The van der Waals surface area contributed by atoms with E-state index in [1.54, 1.807) is 6.07 Å². The Bertz CT molecular complexity index is 2780. The van der Waals surface area contributed by atoms with Crippen molar-refractivity contribution in [3.63, 3.8) is 0 Å². The third kappa shape index (κ3) is 7.71. The summed E-state index contributed by atoms with van der Waals surface area (Å²) in [7, 11) is 1.37. The maximum Gasteiger partial charge on any atom is 0.309 e. The number of nitrogens with one attached hydrogen (secondary N) is 1. The first-order valence-electron chi connectivity index (χ1n) is 22.5. The molecule has 5 aromatic rings. The fourth-order valence-electron chi connectivity index (χ4n) is 11.3. The number of aliphatic hydroxyl groups excluding tert-OH is 4. The number of rotatable bonds is 16. The van der Waals surface area contributed by atoms with Crippen molar-refractivity contribution in [1.82, 2.24) is 0 Å². The maximum atomic E-state index is 15.6. The van der Waals surface area contributed by atoms with Gasteiger partial charge in [-0.3, -0.25) is 24.0 Å². The highest BCUT2D eigenvalue weighted by molar-refractivity contribution is 6.39. The van der Waals surface area contributed by atoms with Crippen LogP contribution in [0.5, 0.6) is 11.5 Å². The lowest BCUT2D eigenvalue weighted by Gasteiger charge is -2.29. The molecule has 3 aliphatic carbocycles. The van der Waals surface area contributed by atoms with E-state index < -0.39 is 30.3 Å². The lowest BCUT2D eigenvalue weighted by atomic mass is 9.77. The molecule has 1 unspecified atom stereocenters. The van der Waals surface area contributed by atoms with Gasteiger partial charge in [0.2, 0.25) is 0 Å². The Morgan fingerprint density at radius 3 is 1.83 bits per heavy atom. The third-order valence-electron chi connectivity index (χ3n) is 14.3. The standard InChI is InChI=1S/C50H57NO13/c1-24-18-33-32(13-8-26-4-9-28(10-5-26)49(60)63-16-14-52)46(58)40-34(51-21-27-6-11-29(12-7-27)50(61)64-17-15-53)19-30(22-54)37-38-31(23-55)20-35(57)41-43(38)44(39(33)42(37)40)45(36(24)25(2)56)48(62-3)47(41)59/h18-20,26-29,36,51-55,59H,4-17,21-23H2,1-3H3. The normalized spacial score (nSPS) is 21.1. The molecule has 5 aromatic carbocycles. The molecule has 0 saturated heterocycles. The predicted molar refractivity (Wildman–Crippen MR) is 242 cm³/mol. The number of hydrogen-bond acceptors (Lipinski definition) is 14. The number of ketones is 1. The number of carbonyl (C=O) groups is 3. The zero-order chi connectivity index (χ0) is 45.6. The van der Waals surface area contributed by atoms with E-state index in [-0.39, 0.29) is 89.9 Å². The van der Waals surface area contributed by atoms with Crippen molar-refractivity contribution in [1.29, 1.82) is 0 Å². The SMILES string of the molecule is COc1c(O)c2c(=O)cc(CO)c3c4c(CO)cc(NCC5CCC(C(=O)OCCO)CC5)c5c(=O)c(CCC6CCC(C(=O)OCCO)CC6)c6c(c(c1C(C(C)=O)C(C)=C6)c23)c54. The van der Waals surface area contributed by atoms with Gasteiger partial charge in [0.15, 0.2) is 22.4 Å². The van der Waals surface area contributed by atoms with Crippen LogP contribution in [-0.2, 0) is 43.5 Å². The first kappa shape index (κ1) is 45.2. The molecule has 1 atom stereocenters. The number of phenolic OH excluding ortho intramolecular Hbond substituents is 1. The Kier molecular flexibility index (Phi) is 13.1. The largest absolute Gasteiger partial charge is 0.504 e. The molecule has 0 radical (unpaired) electrons. The monoisotopic (exact) mass is 879 g/mol. The highest BCUT2D eigenvalue weighted by Crippen LogP contribution is 2.55. The smallest absolute Gasteiger partial charge is 0.309 e. The van der Waals surface area contributed by atoms with Crippen LogP contribution in [0.15, 0.2) is 27.3 Å². The molecule has 0 spiro atoms. The van der Waals surface area contributed by atoms with Crippen molar-refractivity contribution in [2.24, 2.45) is 23.7 Å². The Labute approximate surface area is 369 Å². The second-order valence-electron chi connectivity index (χ2n) is 18.0. The number of methoxy groups -OCH3 is 1. The predicted octanol–water partition coefficient (Wildman–Crippen LogP) is 5.71. The highest BCUT2D eigenvalue weighted by Gasteiger charge is 2.37. The summed E-state index contributed by atoms with van der Waals surface area (Å²) in [4.78, 5) is 68.8. The number of esters is 2. The third-order valence-corrected chi connectivity index (χ3v) is 14.3. The molecule has 14 heteroatoms. The van der Waals surface area contributed by atoms with Gasteiger partial charge in [-0.15, -0.1) is 0 Å². The van der Waals surface area contributed by atoms with E-state index in [0.717, 1.165) is 25.7 Å². The fourth-order valence-corrected chi connectivity index (χ4v) is 11.3. The molecule has 0 heterocycles. The number of carbonyl (C=O) groups excluding carboxylic acids is 3. The van der Waals surface area contributed by atoms with Gasteiger partial charge in [-0.25, -0.2) is 0 Å².